The Morgan fingerprint density at radius 1 is 1.07 bits per heavy atom. The van der Waals surface area contributed by atoms with E-state index in [1.54, 1.807) is 29.7 Å². The number of nitrogens with one attached hydrogen (secondary N) is 2. The zero-order valence-electron chi connectivity index (χ0n) is 14.2. The van der Waals surface area contributed by atoms with E-state index in [9.17, 15) is 4.79 Å². The molecule has 0 aliphatic carbocycles. The van der Waals surface area contributed by atoms with E-state index in [1.807, 2.05) is 41.8 Å². The van der Waals surface area contributed by atoms with Gasteiger partial charge in [0.05, 0.1) is 29.8 Å². The van der Waals surface area contributed by atoms with Gasteiger partial charge in [-0.2, -0.15) is 4.98 Å². The second kappa shape index (κ2) is 7.88. The molecular weight excluding hydrogens is 364 g/mol. The Kier molecular flexibility index (Phi) is 4.97. The molecule has 0 radical (unpaired) electrons. The number of furan rings is 1. The minimum absolute atomic E-state index is 0.195. The number of carbonyl (C=O) groups is 1. The van der Waals surface area contributed by atoms with Crippen LogP contribution in [0, 0.1) is 0 Å². The van der Waals surface area contributed by atoms with Gasteiger partial charge in [-0.15, -0.1) is 11.3 Å². The first-order chi connectivity index (χ1) is 13.3. The topological polar surface area (TPSA) is 93.2 Å². The van der Waals surface area contributed by atoms with Crippen LogP contribution in [-0.4, -0.2) is 16.0 Å². The largest absolute Gasteiger partial charge is 0.467 e. The number of thiophene rings is 1. The van der Waals surface area contributed by atoms with Crippen LogP contribution in [0.2, 0.25) is 0 Å². The molecule has 8 heteroatoms. The van der Waals surface area contributed by atoms with Gasteiger partial charge in [0.1, 0.15) is 5.76 Å². The van der Waals surface area contributed by atoms with E-state index >= 15 is 0 Å². The van der Waals surface area contributed by atoms with Gasteiger partial charge in [-0.3, -0.25) is 4.79 Å². The summed E-state index contributed by atoms with van der Waals surface area (Å²) in [5, 5.41) is 12.0. The van der Waals surface area contributed by atoms with Crippen LogP contribution in [0.15, 0.2) is 69.1 Å². The summed E-state index contributed by atoms with van der Waals surface area (Å²) < 4.78 is 10.5. The molecule has 0 spiro atoms. The van der Waals surface area contributed by atoms with Gasteiger partial charge in [0.25, 0.3) is 5.91 Å². The van der Waals surface area contributed by atoms with Crippen molar-refractivity contribution < 1.29 is 13.7 Å². The maximum atomic E-state index is 12.5. The smallest absolute Gasteiger partial charge is 0.253 e. The van der Waals surface area contributed by atoms with Crippen LogP contribution in [0.25, 0.3) is 10.7 Å². The number of hydrogen-bond acceptors (Lipinski definition) is 7. The number of rotatable bonds is 7. The number of anilines is 1. The van der Waals surface area contributed by atoms with Gasteiger partial charge >= 0.3 is 0 Å². The van der Waals surface area contributed by atoms with E-state index in [0.717, 1.165) is 4.88 Å². The molecule has 0 bridgehead atoms. The molecule has 1 amide bonds. The molecule has 4 aromatic rings. The van der Waals surface area contributed by atoms with Gasteiger partial charge in [-0.25, -0.2) is 0 Å². The van der Waals surface area contributed by atoms with E-state index in [-0.39, 0.29) is 5.91 Å². The van der Waals surface area contributed by atoms with Crippen LogP contribution in [0.1, 0.15) is 22.0 Å². The predicted molar refractivity (Wildman–Crippen MR) is 101 cm³/mol. The van der Waals surface area contributed by atoms with E-state index in [1.165, 1.54) is 0 Å². The number of nitrogens with zero attached hydrogens (tertiary/aromatic N) is 2. The molecule has 0 atom stereocenters. The average Bonchev–Trinajstić information content (AvgIpc) is 3.47. The number of amides is 1. The molecule has 27 heavy (non-hydrogen) atoms. The SMILES string of the molecule is O=C(NCc1ccco1)c1ccccc1NCc1nc(-c2cccs2)no1. The third-order valence-electron chi connectivity index (χ3n) is 3.81. The number of carbonyl (C=O) groups excluding carboxylic acids is 1. The molecule has 0 aliphatic rings. The summed E-state index contributed by atoms with van der Waals surface area (Å²) >= 11 is 1.55. The average molecular weight is 380 g/mol. The van der Waals surface area contributed by atoms with Crippen LogP contribution in [-0.2, 0) is 13.1 Å². The first-order valence-electron chi connectivity index (χ1n) is 8.29. The highest BCUT2D eigenvalue weighted by Gasteiger charge is 2.13. The second-order valence-corrected chi connectivity index (χ2v) is 6.60. The predicted octanol–water partition coefficient (Wildman–Crippen LogP) is 3.93. The summed E-state index contributed by atoms with van der Waals surface area (Å²) in [5.74, 6) is 1.51. The van der Waals surface area contributed by atoms with Crippen molar-refractivity contribution in [2.75, 3.05) is 5.32 Å². The lowest BCUT2D eigenvalue weighted by Crippen LogP contribution is -2.23. The molecular formula is C19H16N4O3S. The summed E-state index contributed by atoms with van der Waals surface area (Å²) in [6, 6.07) is 14.7. The highest BCUT2D eigenvalue weighted by atomic mass is 32.1. The summed E-state index contributed by atoms with van der Waals surface area (Å²) in [6.07, 6.45) is 1.58. The first-order valence-corrected chi connectivity index (χ1v) is 9.17. The highest BCUT2D eigenvalue weighted by molar-refractivity contribution is 7.13. The minimum Gasteiger partial charge on any atom is -0.467 e. The number of para-hydroxylation sites is 1. The Bertz CT molecular complexity index is 1010. The van der Waals surface area contributed by atoms with Gasteiger partial charge in [-0.05, 0) is 35.7 Å². The van der Waals surface area contributed by atoms with Crippen LogP contribution in [0.5, 0.6) is 0 Å². The third-order valence-corrected chi connectivity index (χ3v) is 4.68. The quantitative estimate of drug-likeness (QED) is 0.505. The standard InChI is InChI=1S/C19H16N4O3S/c24-19(21-11-13-5-3-9-25-13)14-6-1-2-7-15(14)20-12-17-22-18(23-26-17)16-8-4-10-27-16/h1-10,20H,11-12H2,(H,21,24). The van der Waals surface area contributed by atoms with Crippen LogP contribution >= 0.6 is 11.3 Å². The molecule has 7 nitrogen and oxygen atoms in total. The number of hydrogen-bond donors (Lipinski definition) is 2. The molecule has 0 unspecified atom stereocenters. The lowest BCUT2D eigenvalue weighted by molar-refractivity contribution is 0.0949. The van der Waals surface area contributed by atoms with Crippen molar-refractivity contribution in [2.24, 2.45) is 0 Å². The van der Waals surface area contributed by atoms with Crippen LogP contribution < -0.4 is 10.6 Å². The molecule has 1 aromatic carbocycles. The van der Waals surface area contributed by atoms with Crippen LogP contribution in [0.3, 0.4) is 0 Å². The monoisotopic (exact) mass is 380 g/mol. The molecule has 0 saturated heterocycles. The Labute approximate surface area is 159 Å². The second-order valence-electron chi connectivity index (χ2n) is 5.65. The van der Waals surface area contributed by atoms with Crippen molar-refractivity contribution in [3.8, 4) is 10.7 Å². The van der Waals surface area contributed by atoms with Crippen molar-refractivity contribution in [1.82, 2.24) is 15.5 Å². The fourth-order valence-corrected chi connectivity index (χ4v) is 3.16. The van der Waals surface area contributed by atoms with Crippen molar-refractivity contribution in [2.45, 2.75) is 13.1 Å². The van der Waals surface area contributed by atoms with Gasteiger partial charge in [0.15, 0.2) is 0 Å². The summed E-state index contributed by atoms with van der Waals surface area (Å²) in [5.41, 5.74) is 1.22. The van der Waals surface area contributed by atoms with Crippen LogP contribution in [0.4, 0.5) is 5.69 Å². The van der Waals surface area contributed by atoms with Gasteiger partial charge in [0, 0.05) is 5.69 Å². The zero-order chi connectivity index (χ0) is 18.5. The Morgan fingerprint density at radius 3 is 2.81 bits per heavy atom. The maximum Gasteiger partial charge on any atom is 0.253 e. The van der Waals surface area contributed by atoms with Crippen molar-refractivity contribution in [3.63, 3.8) is 0 Å². The molecule has 0 aliphatic heterocycles. The molecule has 3 aromatic heterocycles. The fraction of sp³-hybridized carbons (Fsp3) is 0.105. The van der Waals surface area contributed by atoms with E-state index in [2.05, 4.69) is 20.8 Å². The normalized spacial score (nSPS) is 10.7. The fourth-order valence-electron chi connectivity index (χ4n) is 2.51. The van der Waals surface area contributed by atoms with E-state index in [4.69, 9.17) is 8.94 Å². The highest BCUT2D eigenvalue weighted by Crippen LogP contribution is 2.22. The molecule has 2 N–H and O–H groups in total. The Morgan fingerprint density at radius 2 is 2.00 bits per heavy atom. The number of benzene rings is 1. The zero-order valence-corrected chi connectivity index (χ0v) is 15.0. The van der Waals surface area contributed by atoms with Gasteiger partial charge < -0.3 is 19.6 Å². The third kappa shape index (κ3) is 4.06. The van der Waals surface area contributed by atoms with Crippen molar-refractivity contribution in [1.29, 1.82) is 0 Å². The Hall–Kier alpha value is -3.39. The van der Waals surface area contributed by atoms with E-state index in [0.29, 0.717) is 41.8 Å². The van der Waals surface area contributed by atoms with Gasteiger partial charge in [0.2, 0.25) is 11.7 Å². The minimum atomic E-state index is -0.195. The summed E-state index contributed by atoms with van der Waals surface area (Å²) in [6.45, 7) is 0.648. The molecule has 0 saturated carbocycles. The molecule has 3 heterocycles. The lowest BCUT2D eigenvalue weighted by atomic mass is 10.1. The molecule has 0 fully saturated rings. The van der Waals surface area contributed by atoms with E-state index < -0.39 is 0 Å². The maximum absolute atomic E-state index is 12.5. The summed E-state index contributed by atoms with van der Waals surface area (Å²) in [7, 11) is 0. The Balaban J connectivity index is 1.41. The number of aromatic nitrogens is 2. The van der Waals surface area contributed by atoms with Crippen molar-refractivity contribution in [3.05, 3.63) is 77.4 Å². The lowest BCUT2D eigenvalue weighted by Gasteiger charge is -2.10. The van der Waals surface area contributed by atoms with Crippen molar-refractivity contribution >= 4 is 22.9 Å². The molecule has 136 valence electrons. The first kappa shape index (κ1) is 17.0. The van der Waals surface area contributed by atoms with Gasteiger partial charge in [-0.1, -0.05) is 23.4 Å². The summed E-state index contributed by atoms with van der Waals surface area (Å²) in [4.78, 5) is 17.8. The molecule has 4 rings (SSSR count).